The van der Waals surface area contributed by atoms with Gasteiger partial charge in [-0.25, -0.2) is 4.98 Å². The van der Waals surface area contributed by atoms with Crippen LogP contribution in [0.3, 0.4) is 0 Å². The van der Waals surface area contributed by atoms with Gasteiger partial charge in [0.15, 0.2) is 5.82 Å². The smallest absolute Gasteiger partial charge is 0.152 e. The van der Waals surface area contributed by atoms with Crippen LogP contribution in [0.4, 0.5) is 5.82 Å². The third-order valence-corrected chi connectivity index (χ3v) is 5.35. The first-order valence-electron chi connectivity index (χ1n) is 9.53. The molecule has 1 aliphatic rings. The molecule has 0 atom stereocenters. The first-order chi connectivity index (χ1) is 12.3. The third-order valence-electron chi connectivity index (χ3n) is 5.10. The summed E-state index contributed by atoms with van der Waals surface area (Å²) in [5.41, 5.74) is 2.95. The minimum atomic E-state index is 0.320. The minimum absolute atomic E-state index is 0.320. The lowest BCUT2D eigenvalue weighted by molar-refractivity contribution is 0.231. The van der Waals surface area contributed by atoms with Crippen LogP contribution in [0.2, 0.25) is 5.02 Å². The highest BCUT2D eigenvalue weighted by atomic mass is 35.5. The van der Waals surface area contributed by atoms with Gasteiger partial charge < -0.3 is 9.47 Å². The van der Waals surface area contributed by atoms with Gasteiger partial charge in [-0.2, -0.15) is 0 Å². The number of aryl methyl sites for hydroxylation is 1. The molecule has 2 heterocycles. The van der Waals surface area contributed by atoms with Crippen molar-refractivity contribution >= 4 is 17.4 Å². The highest BCUT2D eigenvalue weighted by molar-refractivity contribution is 6.30. The standard InChI is InChI=1S/C21H31ClN4/c1-6-19-23-20-18(24(19)5)14-25(13-16-7-9-17(22)10-8-16)15-26(20)12-11-21(2,3)4/h7-10H,6,11-15H2,1-5H3. The van der Waals surface area contributed by atoms with Gasteiger partial charge in [0.1, 0.15) is 5.82 Å². The average molecular weight is 375 g/mol. The van der Waals surface area contributed by atoms with Crippen LogP contribution in [0.1, 0.15) is 51.2 Å². The van der Waals surface area contributed by atoms with Crippen molar-refractivity contribution in [3.63, 3.8) is 0 Å². The lowest BCUT2D eigenvalue weighted by Crippen LogP contribution is -2.43. The number of halogens is 1. The van der Waals surface area contributed by atoms with Crippen molar-refractivity contribution in [3.8, 4) is 0 Å². The molecule has 0 bridgehead atoms. The Labute approximate surface area is 162 Å². The predicted octanol–water partition coefficient (Wildman–Crippen LogP) is 4.85. The molecule has 1 aromatic heterocycles. The van der Waals surface area contributed by atoms with Gasteiger partial charge in [-0.1, -0.05) is 51.4 Å². The molecule has 2 aromatic rings. The van der Waals surface area contributed by atoms with Crippen LogP contribution in [0.5, 0.6) is 0 Å². The second-order valence-electron chi connectivity index (χ2n) is 8.54. The van der Waals surface area contributed by atoms with Crippen molar-refractivity contribution in [2.45, 2.75) is 53.6 Å². The Morgan fingerprint density at radius 2 is 1.85 bits per heavy atom. The number of hydrogen-bond donors (Lipinski definition) is 0. The number of benzene rings is 1. The highest BCUT2D eigenvalue weighted by Gasteiger charge is 2.28. The second kappa shape index (κ2) is 7.61. The summed E-state index contributed by atoms with van der Waals surface area (Å²) in [5, 5.41) is 0.792. The largest absolute Gasteiger partial charge is 0.342 e. The van der Waals surface area contributed by atoms with E-state index < -0.39 is 0 Å². The summed E-state index contributed by atoms with van der Waals surface area (Å²) in [5.74, 6) is 2.35. The zero-order valence-electron chi connectivity index (χ0n) is 16.7. The van der Waals surface area contributed by atoms with E-state index >= 15 is 0 Å². The topological polar surface area (TPSA) is 24.3 Å². The van der Waals surface area contributed by atoms with E-state index in [-0.39, 0.29) is 0 Å². The maximum absolute atomic E-state index is 6.03. The molecule has 0 saturated carbocycles. The fraction of sp³-hybridized carbons (Fsp3) is 0.571. The Morgan fingerprint density at radius 1 is 1.15 bits per heavy atom. The van der Waals surface area contributed by atoms with Gasteiger partial charge in [-0.15, -0.1) is 0 Å². The summed E-state index contributed by atoms with van der Waals surface area (Å²) in [6.07, 6.45) is 2.12. The third kappa shape index (κ3) is 4.41. The Balaban J connectivity index is 1.83. The molecule has 0 unspecified atom stereocenters. The van der Waals surface area contributed by atoms with Crippen LogP contribution in [0.15, 0.2) is 24.3 Å². The summed E-state index contributed by atoms with van der Waals surface area (Å²) >= 11 is 6.03. The number of fused-ring (bicyclic) bond motifs is 1. The number of hydrogen-bond acceptors (Lipinski definition) is 3. The van der Waals surface area contributed by atoms with E-state index in [1.165, 1.54) is 22.9 Å². The molecular weight excluding hydrogens is 344 g/mol. The fourth-order valence-corrected chi connectivity index (χ4v) is 3.61. The van der Waals surface area contributed by atoms with Crippen molar-refractivity contribution in [1.29, 1.82) is 0 Å². The number of aromatic nitrogens is 2. The van der Waals surface area contributed by atoms with Gasteiger partial charge in [0, 0.05) is 38.1 Å². The monoisotopic (exact) mass is 374 g/mol. The first-order valence-corrected chi connectivity index (χ1v) is 9.91. The van der Waals surface area contributed by atoms with Crippen molar-refractivity contribution in [2.24, 2.45) is 12.5 Å². The van der Waals surface area contributed by atoms with Crippen molar-refractivity contribution in [2.75, 3.05) is 18.1 Å². The summed E-state index contributed by atoms with van der Waals surface area (Å²) in [6.45, 7) is 12.9. The maximum atomic E-state index is 6.03. The minimum Gasteiger partial charge on any atom is -0.342 e. The maximum Gasteiger partial charge on any atom is 0.152 e. The van der Waals surface area contributed by atoms with Crippen LogP contribution in [-0.2, 0) is 26.6 Å². The Kier molecular flexibility index (Phi) is 5.64. The van der Waals surface area contributed by atoms with Crippen LogP contribution >= 0.6 is 11.6 Å². The summed E-state index contributed by atoms with van der Waals surface area (Å²) in [6, 6.07) is 8.20. The lowest BCUT2D eigenvalue weighted by atomic mass is 9.92. The Hall–Kier alpha value is -1.52. The molecular formula is C21H31ClN4. The van der Waals surface area contributed by atoms with Crippen molar-refractivity contribution < 1.29 is 0 Å². The van der Waals surface area contributed by atoms with Gasteiger partial charge >= 0.3 is 0 Å². The van der Waals surface area contributed by atoms with Crippen molar-refractivity contribution in [1.82, 2.24) is 14.5 Å². The molecule has 0 N–H and O–H groups in total. The van der Waals surface area contributed by atoms with Gasteiger partial charge in [0.25, 0.3) is 0 Å². The van der Waals surface area contributed by atoms with E-state index in [4.69, 9.17) is 16.6 Å². The van der Waals surface area contributed by atoms with Crippen LogP contribution in [0.25, 0.3) is 0 Å². The predicted molar refractivity (Wildman–Crippen MR) is 110 cm³/mol. The molecule has 26 heavy (non-hydrogen) atoms. The molecule has 0 amide bonds. The molecule has 1 aromatic carbocycles. The quantitative estimate of drug-likeness (QED) is 0.747. The molecule has 0 fully saturated rings. The fourth-order valence-electron chi connectivity index (χ4n) is 3.48. The first kappa shape index (κ1) is 19.2. The van der Waals surface area contributed by atoms with E-state index in [1.54, 1.807) is 0 Å². The van der Waals surface area contributed by atoms with Crippen LogP contribution in [0, 0.1) is 5.41 Å². The molecule has 142 valence electrons. The molecule has 5 heteroatoms. The van der Waals surface area contributed by atoms with Crippen molar-refractivity contribution in [3.05, 3.63) is 46.4 Å². The zero-order chi connectivity index (χ0) is 18.9. The van der Waals surface area contributed by atoms with Gasteiger partial charge in [0.05, 0.1) is 12.4 Å². The highest BCUT2D eigenvalue weighted by Crippen LogP contribution is 2.30. The molecule has 0 radical (unpaired) electrons. The van der Waals surface area contributed by atoms with E-state index in [0.717, 1.165) is 44.2 Å². The summed E-state index contributed by atoms with van der Waals surface area (Å²) in [4.78, 5) is 9.90. The second-order valence-corrected chi connectivity index (χ2v) is 8.98. The lowest BCUT2D eigenvalue weighted by Gasteiger charge is -2.37. The number of nitrogens with zero attached hydrogens (tertiary/aromatic N) is 4. The van der Waals surface area contributed by atoms with Gasteiger partial charge in [0.2, 0.25) is 0 Å². The SMILES string of the molecule is CCc1nc2c(n1C)CN(Cc1ccc(Cl)cc1)CN2CCC(C)(C)C. The molecule has 4 nitrogen and oxygen atoms in total. The van der Waals surface area contributed by atoms with E-state index in [2.05, 4.69) is 61.2 Å². The molecule has 0 spiro atoms. The summed E-state index contributed by atoms with van der Waals surface area (Å²) in [7, 11) is 2.15. The normalized spacial score (nSPS) is 15.4. The molecule has 1 aliphatic heterocycles. The van der Waals surface area contributed by atoms with E-state index in [1.807, 2.05) is 12.1 Å². The number of anilines is 1. The van der Waals surface area contributed by atoms with Gasteiger partial charge in [-0.3, -0.25) is 4.90 Å². The van der Waals surface area contributed by atoms with Gasteiger partial charge in [-0.05, 0) is 29.5 Å². The Bertz CT molecular complexity index is 743. The Morgan fingerprint density at radius 3 is 2.46 bits per heavy atom. The number of rotatable bonds is 5. The zero-order valence-corrected chi connectivity index (χ0v) is 17.5. The molecule has 0 aliphatic carbocycles. The van der Waals surface area contributed by atoms with E-state index in [0.29, 0.717) is 5.41 Å². The number of imidazole rings is 1. The van der Waals surface area contributed by atoms with Crippen LogP contribution in [-0.4, -0.2) is 27.7 Å². The molecule has 0 saturated heterocycles. The average Bonchev–Trinajstić information content (AvgIpc) is 2.91. The van der Waals surface area contributed by atoms with Crippen LogP contribution < -0.4 is 4.90 Å². The van der Waals surface area contributed by atoms with E-state index in [9.17, 15) is 0 Å². The molecule has 3 rings (SSSR count). The summed E-state index contributed by atoms with van der Waals surface area (Å²) < 4.78 is 2.29.